The van der Waals surface area contributed by atoms with Crippen LogP contribution in [0.2, 0.25) is 0 Å². The molecule has 0 saturated heterocycles. The van der Waals surface area contributed by atoms with Crippen LogP contribution in [0.15, 0.2) is 29.2 Å². The molecule has 0 aromatic carbocycles. The van der Waals surface area contributed by atoms with Crippen molar-refractivity contribution in [2.45, 2.75) is 20.4 Å². The normalized spacial score (nSPS) is 10.4. The maximum absolute atomic E-state index is 11.9. The molecule has 0 radical (unpaired) electrons. The van der Waals surface area contributed by atoms with E-state index in [4.69, 9.17) is 0 Å². The smallest absolute Gasteiger partial charge is 0.254 e. The lowest BCUT2D eigenvalue weighted by molar-refractivity contribution is 0.681. The lowest BCUT2D eigenvalue weighted by atomic mass is 10.3. The number of nitrogens with one attached hydrogen (secondary N) is 1. The van der Waals surface area contributed by atoms with Crippen molar-refractivity contribution in [3.05, 3.63) is 52.0 Å². The molecule has 94 valence electrons. The van der Waals surface area contributed by atoms with Gasteiger partial charge < -0.3 is 5.32 Å². The molecule has 18 heavy (non-hydrogen) atoms. The number of rotatable bonds is 3. The van der Waals surface area contributed by atoms with Crippen molar-refractivity contribution in [1.82, 2.24) is 14.5 Å². The van der Waals surface area contributed by atoms with Crippen molar-refractivity contribution in [2.75, 3.05) is 12.4 Å². The molecule has 2 rings (SSSR count). The molecule has 2 aromatic heterocycles. The molecule has 0 unspecified atom stereocenters. The van der Waals surface area contributed by atoms with E-state index in [1.54, 1.807) is 10.8 Å². The van der Waals surface area contributed by atoms with Crippen LogP contribution in [0.25, 0.3) is 0 Å². The van der Waals surface area contributed by atoms with E-state index in [-0.39, 0.29) is 5.56 Å². The number of aromatic nitrogens is 3. The van der Waals surface area contributed by atoms with Crippen molar-refractivity contribution in [3.8, 4) is 0 Å². The molecule has 0 aliphatic carbocycles. The fourth-order valence-corrected chi connectivity index (χ4v) is 1.84. The van der Waals surface area contributed by atoms with E-state index in [0.29, 0.717) is 12.4 Å². The molecule has 0 amide bonds. The zero-order valence-corrected chi connectivity index (χ0v) is 10.8. The first-order valence-electron chi connectivity index (χ1n) is 5.78. The highest BCUT2D eigenvalue weighted by molar-refractivity contribution is 5.42. The van der Waals surface area contributed by atoms with E-state index >= 15 is 0 Å². The van der Waals surface area contributed by atoms with Crippen LogP contribution in [0, 0.1) is 13.8 Å². The van der Waals surface area contributed by atoms with Crippen LogP contribution in [0.1, 0.15) is 17.2 Å². The van der Waals surface area contributed by atoms with Gasteiger partial charge in [0.1, 0.15) is 5.82 Å². The largest absolute Gasteiger partial charge is 0.388 e. The number of hydrogen-bond acceptors (Lipinski definition) is 4. The molecule has 0 aliphatic rings. The van der Waals surface area contributed by atoms with E-state index in [1.807, 2.05) is 33.0 Å². The molecule has 0 bridgehead atoms. The van der Waals surface area contributed by atoms with Gasteiger partial charge in [0.15, 0.2) is 0 Å². The summed E-state index contributed by atoms with van der Waals surface area (Å²) in [5, 5.41) is 3.05. The predicted octanol–water partition coefficient (Wildman–Crippen LogP) is 1.35. The Morgan fingerprint density at radius 1 is 1.33 bits per heavy atom. The van der Waals surface area contributed by atoms with Crippen LogP contribution < -0.4 is 10.9 Å². The van der Waals surface area contributed by atoms with Crippen LogP contribution in [0.5, 0.6) is 0 Å². The topological polar surface area (TPSA) is 59.8 Å². The summed E-state index contributed by atoms with van der Waals surface area (Å²) in [6.45, 7) is 4.09. The number of pyridine rings is 1. The van der Waals surface area contributed by atoms with Crippen molar-refractivity contribution in [2.24, 2.45) is 0 Å². The number of nitrogens with zero attached hydrogens (tertiary/aromatic N) is 3. The third-order valence-electron chi connectivity index (χ3n) is 2.75. The van der Waals surface area contributed by atoms with E-state index in [1.165, 1.54) is 6.07 Å². The Morgan fingerprint density at radius 2 is 2.11 bits per heavy atom. The standard InChI is InChI=1S/C13H16N4O/c1-9-6-13(18)17(10(2)16-9)8-12-7-11(14-3)4-5-15-12/h4-7H,8H2,1-3H3,(H,14,15). The lowest BCUT2D eigenvalue weighted by Crippen LogP contribution is -2.24. The van der Waals surface area contributed by atoms with Crippen LogP contribution >= 0.6 is 0 Å². The molecule has 5 heteroatoms. The molecular formula is C13H16N4O. The van der Waals surface area contributed by atoms with Crippen LogP contribution in [0.4, 0.5) is 5.69 Å². The highest BCUT2D eigenvalue weighted by Crippen LogP contribution is 2.08. The summed E-state index contributed by atoms with van der Waals surface area (Å²) in [4.78, 5) is 20.5. The Bertz CT molecular complexity index is 619. The van der Waals surface area contributed by atoms with Gasteiger partial charge in [-0.25, -0.2) is 4.98 Å². The van der Waals surface area contributed by atoms with Gasteiger partial charge in [-0.15, -0.1) is 0 Å². The minimum Gasteiger partial charge on any atom is -0.388 e. The summed E-state index contributed by atoms with van der Waals surface area (Å²) in [6, 6.07) is 5.34. The van der Waals surface area contributed by atoms with E-state index in [0.717, 1.165) is 17.1 Å². The van der Waals surface area contributed by atoms with Gasteiger partial charge >= 0.3 is 0 Å². The first kappa shape index (κ1) is 12.3. The molecule has 0 saturated carbocycles. The number of aryl methyl sites for hydroxylation is 2. The van der Waals surface area contributed by atoms with Gasteiger partial charge in [-0.2, -0.15) is 0 Å². The second-order valence-corrected chi connectivity index (χ2v) is 4.15. The van der Waals surface area contributed by atoms with Gasteiger partial charge in [-0.1, -0.05) is 0 Å². The Kier molecular flexibility index (Phi) is 3.41. The first-order chi connectivity index (χ1) is 8.60. The predicted molar refractivity (Wildman–Crippen MR) is 70.9 cm³/mol. The monoisotopic (exact) mass is 244 g/mol. The molecule has 5 nitrogen and oxygen atoms in total. The Hall–Kier alpha value is -2.17. The molecule has 2 aromatic rings. The fourth-order valence-electron chi connectivity index (χ4n) is 1.84. The molecule has 0 atom stereocenters. The van der Waals surface area contributed by atoms with Gasteiger partial charge in [-0.05, 0) is 26.0 Å². The van der Waals surface area contributed by atoms with Crippen molar-refractivity contribution >= 4 is 5.69 Å². The molecule has 0 aliphatic heterocycles. The average molecular weight is 244 g/mol. The highest BCUT2D eigenvalue weighted by atomic mass is 16.1. The average Bonchev–Trinajstić information content (AvgIpc) is 2.34. The summed E-state index contributed by atoms with van der Waals surface area (Å²) in [7, 11) is 1.85. The molecular weight excluding hydrogens is 228 g/mol. The van der Waals surface area contributed by atoms with Crippen LogP contribution in [0.3, 0.4) is 0 Å². The molecule has 0 fully saturated rings. The summed E-state index contributed by atoms with van der Waals surface area (Å²) in [5.74, 6) is 0.705. The Morgan fingerprint density at radius 3 is 2.78 bits per heavy atom. The summed E-state index contributed by atoms with van der Waals surface area (Å²) < 4.78 is 1.62. The maximum Gasteiger partial charge on any atom is 0.254 e. The Labute approximate surface area is 106 Å². The molecule has 2 heterocycles. The SMILES string of the molecule is CNc1ccnc(Cn2c(C)nc(C)cc2=O)c1. The fraction of sp³-hybridized carbons (Fsp3) is 0.308. The summed E-state index contributed by atoms with van der Waals surface area (Å²) in [6.07, 6.45) is 1.73. The van der Waals surface area contributed by atoms with Gasteiger partial charge in [-0.3, -0.25) is 14.3 Å². The minimum atomic E-state index is -0.0448. The summed E-state index contributed by atoms with van der Waals surface area (Å²) in [5.41, 5.74) is 2.51. The third kappa shape index (κ3) is 2.56. The second-order valence-electron chi connectivity index (χ2n) is 4.15. The number of hydrogen-bond donors (Lipinski definition) is 1. The quantitative estimate of drug-likeness (QED) is 0.885. The van der Waals surface area contributed by atoms with E-state index in [2.05, 4.69) is 15.3 Å². The highest BCUT2D eigenvalue weighted by Gasteiger charge is 2.05. The number of anilines is 1. The van der Waals surface area contributed by atoms with Gasteiger partial charge in [0.2, 0.25) is 0 Å². The third-order valence-corrected chi connectivity index (χ3v) is 2.75. The zero-order chi connectivity index (χ0) is 13.1. The maximum atomic E-state index is 11.9. The second kappa shape index (κ2) is 5.00. The lowest BCUT2D eigenvalue weighted by Gasteiger charge is -2.10. The van der Waals surface area contributed by atoms with Crippen molar-refractivity contribution in [3.63, 3.8) is 0 Å². The van der Waals surface area contributed by atoms with E-state index < -0.39 is 0 Å². The van der Waals surface area contributed by atoms with Gasteiger partial charge in [0, 0.05) is 30.7 Å². The van der Waals surface area contributed by atoms with Crippen LogP contribution in [-0.4, -0.2) is 21.6 Å². The van der Waals surface area contributed by atoms with Crippen molar-refractivity contribution < 1.29 is 0 Å². The first-order valence-corrected chi connectivity index (χ1v) is 5.78. The van der Waals surface area contributed by atoms with Crippen LogP contribution in [-0.2, 0) is 6.54 Å². The Balaban J connectivity index is 2.37. The minimum absolute atomic E-state index is 0.0448. The zero-order valence-electron chi connectivity index (χ0n) is 10.8. The molecule has 0 spiro atoms. The van der Waals surface area contributed by atoms with Gasteiger partial charge in [0.25, 0.3) is 5.56 Å². The summed E-state index contributed by atoms with van der Waals surface area (Å²) >= 11 is 0. The molecule has 1 N–H and O–H groups in total. The van der Waals surface area contributed by atoms with Gasteiger partial charge in [0.05, 0.1) is 12.2 Å². The van der Waals surface area contributed by atoms with E-state index in [9.17, 15) is 4.79 Å². The van der Waals surface area contributed by atoms with Crippen molar-refractivity contribution in [1.29, 1.82) is 0 Å².